The van der Waals surface area contributed by atoms with Crippen LogP contribution in [0.15, 0.2) is 35.9 Å². The summed E-state index contributed by atoms with van der Waals surface area (Å²) in [5.41, 5.74) is 1.81. The predicted molar refractivity (Wildman–Crippen MR) is 59.5 cm³/mol. The van der Waals surface area contributed by atoms with E-state index in [1.54, 1.807) is 0 Å². The van der Waals surface area contributed by atoms with E-state index in [0.717, 1.165) is 11.1 Å². The van der Waals surface area contributed by atoms with Gasteiger partial charge >= 0.3 is 0 Å². The zero-order valence-corrected chi connectivity index (χ0v) is 8.91. The Morgan fingerprint density at radius 3 is 2.21 bits per heavy atom. The van der Waals surface area contributed by atoms with E-state index in [4.69, 9.17) is 5.26 Å². The Morgan fingerprint density at radius 2 is 1.79 bits per heavy atom. The summed E-state index contributed by atoms with van der Waals surface area (Å²) in [4.78, 5) is 0. The number of hydrogen-bond acceptors (Lipinski definition) is 1. The second kappa shape index (κ2) is 4.11. The van der Waals surface area contributed by atoms with Gasteiger partial charge in [-0.15, -0.1) is 0 Å². The van der Waals surface area contributed by atoms with Gasteiger partial charge in [-0.05, 0) is 17.1 Å². The molecule has 1 aromatic rings. The van der Waals surface area contributed by atoms with Gasteiger partial charge < -0.3 is 0 Å². The molecule has 0 atom stereocenters. The maximum atomic E-state index is 9.00. The average Bonchev–Trinajstić information content (AvgIpc) is 2.14. The van der Waals surface area contributed by atoms with Crippen LogP contribution < -0.4 is 0 Å². The topological polar surface area (TPSA) is 23.8 Å². The summed E-state index contributed by atoms with van der Waals surface area (Å²) in [6, 6.07) is 12.2. The van der Waals surface area contributed by atoms with Gasteiger partial charge in [-0.3, -0.25) is 0 Å². The van der Waals surface area contributed by atoms with Crippen LogP contribution in [0, 0.1) is 16.7 Å². The minimum atomic E-state index is -0.0788. The van der Waals surface area contributed by atoms with Crippen molar-refractivity contribution in [2.75, 3.05) is 0 Å². The molecule has 0 aliphatic heterocycles. The van der Waals surface area contributed by atoms with Crippen LogP contribution in [0.25, 0.3) is 6.08 Å². The summed E-state index contributed by atoms with van der Waals surface area (Å²) in [7, 11) is 0. The lowest BCUT2D eigenvalue weighted by Gasteiger charge is -2.16. The molecule has 0 heterocycles. The Morgan fingerprint density at radius 1 is 1.21 bits per heavy atom. The van der Waals surface area contributed by atoms with Crippen molar-refractivity contribution in [1.82, 2.24) is 0 Å². The molecule has 0 radical (unpaired) electrons. The molecule has 72 valence electrons. The van der Waals surface area contributed by atoms with E-state index in [1.807, 2.05) is 57.2 Å². The third-order valence-corrected chi connectivity index (χ3v) is 2.04. The first kappa shape index (κ1) is 10.5. The molecule has 0 N–H and O–H groups in total. The number of benzene rings is 1. The number of hydrogen-bond donors (Lipinski definition) is 0. The van der Waals surface area contributed by atoms with E-state index < -0.39 is 0 Å². The fraction of sp³-hybridized carbons (Fsp3) is 0.308. The zero-order chi connectivity index (χ0) is 10.6. The van der Waals surface area contributed by atoms with Gasteiger partial charge in [0.25, 0.3) is 0 Å². The van der Waals surface area contributed by atoms with Crippen LogP contribution in [-0.4, -0.2) is 0 Å². The zero-order valence-electron chi connectivity index (χ0n) is 8.91. The molecule has 0 bridgehead atoms. The molecule has 0 aliphatic rings. The average molecular weight is 185 g/mol. The van der Waals surface area contributed by atoms with Crippen molar-refractivity contribution in [3.05, 3.63) is 41.5 Å². The van der Waals surface area contributed by atoms with Gasteiger partial charge in [-0.2, -0.15) is 5.26 Å². The van der Waals surface area contributed by atoms with Crippen LogP contribution in [-0.2, 0) is 0 Å². The molecule has 1 heteroatoms. The Hall–Kier alpha value is -1.55. The van der Waals surface area contributed by atoms with Crippen molar-refractivity contribution in [3.63, 3.8) is 0 Å². The van der Waals surface area contributed by atoms with Crippen LogP contribution >= 0.6 is 0 Å². The van der Waals surface area contributed by atoms with Crippen molar-refractivity contribution < 1.29 is 0 Å². The number of rotatable bonds is 1. The van der Waals surface area contributed by atoms with Crippen LogP contribution in [0.1, 0.15) is 26.3 Å². The summed E-state index contributed by atoms with van der Waals surface area (Å²) in [6.07, 6.45) is 1.94. The molecule has 1 aromatic carbocycles. The minimum absolute atomic E-state index is 0.0788. The van der Waals surface area contributed by atoms with Gasteiger partial charge in [0.15, 0.2) is 0 Å². The molecule has 0 aromatic heterocycles. The molecule has 0 aliphatic carbocycles. The smallest absolute Gasteiger partial charge is 0.0952 e. The maximum Gasteiger partial charge on any atom is 0.0952 e. The first-order valence-electron chi connectivity index (χ1n) is 4.71. The number of nitriles is 1. The van der Waals surface area contributed by atoms with Gasteiger partial charge in [0.1, 0.15) is 0 Å². The Bertz CT molecular complexity index is 360. The first-order valence-corrected chi connectivity index (χ1v) is 4.71. The van der Waals surface area contributed by atoms with Crippen molar-refractivity contribution in [3.8, 4) is 6.07 Å². The Balaban J connectivity index is 3.04. The molecule has 14 heavy (non-hydrogen) atoms. The third kappa shape index (κ3) is 2.74. The Kier molecular flexibility index (Phi) is 3.09. The van der Waals surface area contributed by atoms with E-state index in [9.17, 15) is 0 Å². The lowest BCUT2D eigenvalue weighted by Crippen LogP contribution is -2.07. The lowest BCUT2D eigenvalue weighted by atomic mass is 9.86. The molecule has 1 nitrogen and oxygen atoms in total. The van der Waals surface area contributed by atoms with Gasteiger partial charge in [-0.25, -0.2) is 0 Å². The minimum Gasteiger partial charge on any atom is -0.193 e. The van der Waals surface area contributed by atoms with Crippen LogP contribution in [0.3, 0.4) is 0 Å². The largest absolute Gasteiger partial charge is 0.193 e. The van der Waals surface area contributed by atoms with Gasteiger partial charge in [0.05, 0.1) is 6.07 Å². The van der Waals surface area contributed by atoms with E-state index in [1.165, 1.54) is 0 Å². The summed E-state index contributed by atoms with van der Waals surface area (Å²) >= 11 is 0. The molecule has 0 saturated heterocycles. The maximum absolute atomic E-state index is 9.00. The SMILES string of the molecule is CC(C)(C)/C(C#N)=C/c1ccccc1. The fourth-order valence-corrected chi connectivity index (χ4v) is 1.13. The monoisotopic (exact) mass is 185 g/mol. The molecular weight excluding hydrogens is 170 g/mol. The molecule has 0 saturated carbocycles. The van der Waals surface area contributed by atoms with Crippen LogP contribution in [0.2, 0.25) is 0 Å². The highest BCUT2D eigenvalue weighted by molar-refractivity contribution is 5.58. The van der Waals surface area contributed by atoms with Crippen LogP contribution in [0.5, 0.6) is 0 Å². The second-order valence-electron chi connectivity index (χ2n) is 4.33. The van der Waals surface area contributed by atoms with Gasteiger partial charge in [0, 0.05) is 5.57 Å². The third-order valence-electron chi connectivity index (χ3n) is 2.04. The molecule has 0 amide bonds. The standard InChI is InChI=1S/C13H15N/c1-13(2,3)12(10-14)9-11-7-5-4-6-8-11/h4-9H,1-3H3/b12-9+. The van der Waals surface area contributed by atoms with E-state index >= 15 is 0 Å². The van der Waals surface area contributed by atoms with E-state index in [0.29, 0.717) is 0 Å². The first-order chi connectivity index (χ1) is 6.54. The highest BCUT2D eigenvalue weighted by Crippen LogP contribution is 2.26. The van der Waals surface area contributed by atoms with Crippen molar-refractivity contribution in [2.45, 2.75) is 20.8 Å². The summed E-state index contributed by atoms with van der Waals surface area (Å²) in [5, 5.41) is 9.00. The van der Waals surface area contributed by atoms with Crippen molar-refractivity contribution >= 4 is 6.08 Å². The highest BCUT2D eigenvalue weighted by atomic mass is 14.3. The molecule has 0 unspecified atom stereocenters. The van der Waals surface area contributed by atoms with Gasteiger partial charge in [-0.1, -0.05) is 51.1 Å². The normalized spacial score (nSPS) is 12.3. The molecular formula is C13H15N. The molecule has 0 fully saturated rings. The Labute approximate surface area is 85.7 Å². The lowest BCUT2D eigenvalue weighted by molar-refractivity contribution is 0.523. The molecule has 0 spiro atoms. The van der Waals surface area contributed by atoms with Crippen molar-refractivity contribution in [1.29, 1.82) is 5.26 Å². The van der Waals surface area contributed by atoms with E-state index in [2.05, 4.69) is 6.07 Å². The summed E-state index contributed by atoms with van der Waals surface area (Å²) in [5.74, 6) is 0. The highest BCUT2D eigenvalue weighted by Gasteiger charge is 2.16. The molecule has 1 rings (SSSR count). The van der Waals surface area contributed by atoms with Crippen molar-refractivity contribution in [2.24, 2.45) is 5.41 Å². The summed E-state index contributed by atoms with van der Waals surface area (Å²) < 4.78 is 0. The second-order valence-corrected chi connectivity index (χ2v) is 4.33. The predicted octanol–water partition coefficient (Wildman–Crippen LogP) is 3.64. The van der Waals surface area contributed by atoms with Gasteiger partial charge in [0.2, 0.25) is 0 Å². The number of nitrogens with zero attached hydrogens (tertiary/aromatic N) is 1. The van der Waals surface area contributed by atoms with Crippen LogP contribution in [0.4, 0.5) is 0 Å². The summed E-state index contributed by atoms with van der Waals surface area (Å²) in [6.45, 7) is 6.14. The number of allylic oxidation sites excluding steroid dienone is 1. The quantitative estimate of drug-likeness (QED) is 0.613. The van der Waals surface area contributed by atoms with E-state index in [-0.39, 0.29) is 5.41 Å². The fourth-order valence-electron chi connectivity index (χ4n) is 1.13.